The number of anilines is 1. The molecule has 0 aliphatic carbocycles. The van der Waals surface area contributed by atoms with Gasteiger partial charge in [-0.2, -0.15) is 0 Å². The predicted octanol–water partition coefficient (Wildman–Crippen LogP) is 4.41. The van der Waals surface area contributed by atoms with E-state index in [1.807, 2.05) is 0 Å². The van der Waals surface area contributed by atoms with E-state index in [1.165, 1.54) is 21.3 Å². The molecular weight excluding hydrogens is 378 g/mol. The Kier molecular flexibility index (Phi) is 5.38. The molecule has 2 N–H and O–H groups in total. The fraction of sp³-hybridized carbons (Fsp3) is 0.333. The van der Waals surface area contributed by atoms with Crippen molar-refractivity contribution >= 4 is 33.2 Å². The molecule has 3 aromatic rings. The van der Waals surface area contributed by atoms with Crippen LogP contribution in [-0.2, 0) is 0 Å². The summed E-state index contributed by atoms with van der Waals surface area (Å²) < 4.78 is 1.25. The highest BCUT2D eigenvalue weighted by Gasteiger charge is 2.24. The van der Waals surface area contributed by atoms with Crippen LogP contribution in [0.3, 0.4) is 0 Å². The fourth-order valence-electron chi connectivity index (χ4n) is 4.37. The number of hydrogen-bond donors (Lipinski definition) is 2. The maximum Gasteiger partial charge on any atom is 0.0990 e. The van der Waals surface area contributed by atoms with Crippen molar-refractivity contribution in [3.8, 4) is 0 Å². The van der Waals surface area contributed by atoms with Gasteiger partial charge >= 0.3 is 0 Å². The van der Waals surface area contributed by atoms with Crippen LogP contribution in [0.25, 0.3) is 16.2 Å². The second-order valence-corrected chi connectivity index (χ2v) is 8.82. The van der Waals surface area contributed by atoms with Gasteiger partial charge in [0.15, 0.2) is 0 Å². The molecule has 1 fully saturated rings. The Labute approximate surface area is 176 Å². The van der Waals surface area contributed by atoms with E-state index >= 15 is 0 Å². The summed E-state index contributed by atoms with van der Waals surface area (Å²) in [5.74, 6) is 0. The normalized spacial score (nSPS) is 21.1. The van der Waals surface area contributed by atoms with Gasteiger partial charge in [-0.1, -0.05) is 42.5 Å². The van der Waals surface area contributed by atoms with Gasteiger partial charge in [0.1, 0.15) is 0 Å². The van der Waals surface area contributed by atoms with Crippen molar-refractivity contribution in [2.45, 2.75) is 18.7 Å². The zero-order valence-electron chi connectivity index (χ0n) is 16.5. The number of nitrogens with one attached hydrogen (secondary N) is 1. The zero-order chi connectivity index (χ0) is 19.6. The topological polar surface area (TPSA) is 38.7 Å². The number of fused-ring (bicyclic) bond motifs is 2. The van der Waals surface area contributed by atoms with Gasteiger partial charge in [-0.05, 0) is 46.5 Å². The minimum absolute atomic E-state index is 0.273. The van der Waals surface area contributed by atoms with E-state index in [-0.39, 0.29) is 12.3 Å². The molecule has 3 heterocycles. The number of aliphatic hydroxyl groups is 1. The number of para-hydroxylation sites is 1. The summed E-state index contributed by atoms with van der Waals surface area (Å²) in [4.78, 5) is 4.99. The molecule has 150 valence electrons. The highest BCUT2D eigenvalue weighted by atomic mass is 32.1. The van der Waals surface area contributed by atoms with Crippen LogP contribution in [0.15, 0.2) is 60.0 Å². The zero-order valence-corrected chi connectivity index (χ0v) is 17.3. The van der Waals surface area contributed by atoms with Gasteiger partial charge in [0.05, 0.1) is 12.3 Å². The average Bonchev–Trinajstić information content (AvgIpc) is 3.22. The number of nitrogens with zero attached hydrogens (tertiary/aromatic N) is 2. The molecule has 0 amide bonds. The number of aliphatic hydroxyl groups excluding tert-OH is 1. The van der Waals surface area contributed by atoms with E-state index in [9.17, 15) is 5.11 Å². The largest absolute Gasteiger partial charge is 0.388 e. The van der Waals surface area contributed by atoms with Crippen molar-refractivity contribution in [1.82, 2.24) is 9.80 Å². The van der Waals surface area contributed by atoms with Gasteiger partial charge in [0, 0.05) is 43.1 Å². The van der Waals surface area contributed by atoms with Crippen LogP contribution in [0.2, 0.25) is 0 Å². The summed E-state index contributed by atoms with van der Waals surface area (Å²) in [6.07, 6.45) is 5.17. The molecule has 1 aromatic heterocycles. The van der Waals surface area contributed by atoms with E-state index < -0.39 is 0 Å². The fourth-order valence-corrected chi connectivity index (χ4v) is 5.38. The van der Waals surface area contributed by atoms with Crippen LogP contribution in [0, 0.1) is 0 Å². The van der Waals surface area contributed by atoms with Crippen molar-refractivity contribution in [1.29, 1.82) is 0 Å². The molecule has 0 saturated carbocycles. The molecule has 0 radical (unpaired) electrons. The number of thiophene rings is 1. The number of rotatable bonds is 5. The molecule has 5 rings (SSSR count). The molecule has 4 nitrogen and oxygen atoms in total. The van der Waals surface area contributed by atoms with E-state index in [4.69, 9.17) is 0 Å². The van der Waals surface area contributed by atoms with Crippen LogP contribution in [0.4, 0.5) is 5.69 Å². The molecule has 2 aliphatic rings. The Morgan fingerprint density at radius 3 is 2.72 bits per heavy atom. The summed E-state index contributed by atoms with van der Waals surface area (Å²) in [6.45, 7) is 5.12. The van der Waals surface area contributed by atoms with E-state index in [0.29, 0.717) is 0 Å². The second kappa shape index (κ2) is 8.28. The first-order valence-electron chi connectivity index (χ1n) is 10.4. The van der Waals surface area contributed by atoms with Gasteiger partial charge in [0.2, 0.25) is 0 Å². The highest BCUT2D eigenvalue weighted by Crippen LogP contribution is 2.32. The molecule has 2 aliphatic heterocycles. The summed E-state index contributed by atoms with van der Waals surface area (Å²) in [5, 5.41) is 17.7. The molecule has 1 saturated heterocycles. The molecular formula is C24H27N3OS. The first-order chi connectivity index (χ1) is 14.3. The lowest BCUT2D eigenvalue weighted by atomic mass is 10.0. The SMILES string of the molecule is OC(CCN1CCN(C2C=Cc3ccccc3N2)CC1)c1csc2ccccc12. The second-order valence-electron chi connectivity index (χ2n) is 7.90. The van der Waals surface area contributed by atoms with Crippen molar-refractivity contribution in [2.75, 3.05) is 38.0 Å². The monoisotopic (exact) mass is 405 g/mol. The van der Waals surface area contributed by atoms with Crippen molar-refractivity contribution in [3.63, 3.8) is 0 Å². The maximum atomic E-state index is 10.7. The summed E-state index contributed by atoms with van der Waals surface area (Å²) >= 11 is 1.72. The summed E-state index contributed by atoms with van der Waals surface area (Å²) in [5.41, 5.74) is 3.56. The Hall–Kier alpha value is -2.18. The third-order valence-electron chi connectivity index (χ3n) is 6.11. The van der Waals surface area contributed by atoms with Gasteiger partial charge in [0.25, 0.3) is 0 Å². The number of benzene rings is 2. The van der Waals surface area contributed by atoms with Gasteiger partial charge in [-0.15, -0.1) is 11.3 Å². The predicted molar refractivity (Wildman–Crippen MR) is 122 cm³/mol. The first kappa shape index (κ1) is 18.8. The Balaban J connectivity index is 1.13. The number of piperazine rings is 1. The summed E-state index contributed by atoms with van der Waals surface area (Å²) in [6, 6.07) is 16.8. The van der Waals surface area contributed by atoms with E-state index in [1.54, 1.807) is 11.3 Å². The smallest absolute Gasteiger partial charge is 0.0990 e. The van der Waals surface area contributed by atoms with Gasteiger partial charge < -0.3 is 15.3 Å². The van der Waals surface area contributed by atoms with Gasteiger partial charge in [-0.25, -0.2) is 0 Å². The Morgan fingerprint density at radius 2 is 1.83 bits per heavy atom. The molecule has 0 bridgehead atoms. The van der Waals surface area contributed by atoms with Crippen molar-refractivity contribution < 1.29 is 5.11 Å². The van der Waals surface area contributed by atoms with Crippen LogP contribution < -0.4 is 5.32 Å². The maximum absolute atomic E-state index is 10.7. The lowest BCUT2D eigenvalue weighted by Gasteiger charge is -2.40. The van der Waals surface area contributed by atoms with Crippen LogP contribution in [-0.4, -0.2) is 53.8 Å². The summed E-state index contributed by atoms with van der Waals surface area (Å²) in [7, 11) is 0. The third kappa shape index (κ3) is 3.96. The Bertz CT molecular complexity index is 1010. The number of hydrogen-bond acceptors (Lipinski definition) is 5. The lowest BCUT2D eigenvalue weighted by Crippen LogP contribution is -2.52. The lowest BCUT2D eigenvalue weighted by molar-refractivity contribution is 0.0956. The molecule has 2 aromatic carbocycles. The quantitative estimate of drug-likeness (QED) is 0.660. The highest BCUT2D eigenvalue weighted by molar-refractivity contribution is 7.17. The van der Waals surface area contributed by atoms with Crippen molar-refractivity contribution in [3.05, 3.63) is 71.1 Å². The van der Waals surface area contributed by atoms with Crippen LogP contribution in [0.5, 0.6) is 0 Å². The minimum Gasteiger partial charge on any atom is -0.388 e. The first-order valence-corrected chi connectivity index (χ1v) is 11.3. The van der Waals surface area contributed by atoms with Crippen LogP contribution in [0.1, 0.15) is 23.7 Å². The van der Waals surface area contributed by atoms with E-state index in [0.717, 1.165) is 44.7 Å². The molecule has 2 atom stereocenters. The molecule has 2 unspecified atom stereocenters. The Morgan fingerprint density at radius 1 is 1.03 bits per heavy atom. The van der Waals surface area contributed by atoms with E-state index in [2.05, 4.69) is 81.2 Å². The molecule has 5 heteroatoms. The van der Waals surface area contributed by atoms with Crippen LogP contribution >= 0.6 is 11.3 Å². The molecule has 0 spiro atoms. The van der Waals surface area contributed by atoms with Gasteiger partial charge in [-0.3, -0.25) is 4.90 Å². The molecule has 29 heavy (non-hydrogen) atoms. The standard InChI is InChI=1S/C24H27N3OS/c28-22(20-17-29-23-8-4-2-6-19(20)23)11-12-26-13-15-27(16-14-26)24-10-9-18-5-1-3-7-21(18)25-24/h1-10,17,22,24-25,28H,11-16H2. The minimum atomic E-state index is -0.386. The third-order valence-corrected chi connectivity index (χ3v) is 7.09. The average molecular weight is 406 g/mol. The van der Waals surface area contributed by atoms with Crippen molar-refractivity contribution in [2.24, 2.45) is 0 Å².